The lowest BCUT2D eigenvalue weighted by Gasteiger charge is -2.24. The summed E-state index contributed by atoms with van der Waals surface area (Å²) in [5.74, 6) is -0.285. The fourth-order valence-electron chi connectivity index (χ4n) is 3.33. The van der Waals surface area contributed by atoms with Gasteiger partial charge in [-0.2, -0.15) is 0 Å². The van der Waals surface area contributed by atoms with Gasteiger partial charge in [-0.3, -0.25) is 0 Å². The van der Waals surface area contributed by atoms with Gasteiger partial charge in [-0.1, -0.05) is 37.5 Å². The number of carbonyl (C=O) groups excluding carboxylic acids is 1. The molecule has 1 fully saturated rings. The summed E-state index contributed by atoms with van der Waals surface area (Å²) in [7, 11) is 3.35. The highest BCUT2D eigenvalue weighted by atomic mass is 16.5. The van der Waals surface area contributed by atoms with Gasteiger partial charge in [0.25, 0.3) is 0 Å². The smallest absolute Gasteiger partial charge is 0.356 e. The summed E-state index contributed by atoms with van der Waals surface area (Å²) >= 11 is 0. The standard InChI is InChI=1S/C17H22N2O2/c1-19-14-11-7-6-10-13(14)15(16(19)17(20)21-2)18-12-8-4-3-5-9-12/h6-7,10-12,18H,3-5,8-9H2,1-2H3. The average molecular weight is 286 g/mol. The van der Waals surface area contributed by atoms with E-state index in [4.69, 9.17) is 4.74 Å². The number of esters is 1. The van der Waals surface area contributed by atoms with Gasteiger partial charge in [0, 0.05) is 18.5 Å². The van der Waals surface area contributed by atoms with E-state index in [0.717, 1.165) is 16.6 Å². The van der Waals surface area contributed by atoms with E-state index >= 15 is 0 Å². The van der Waals surface area contributed by atoms with Crippen molar-refractivity contribution in [1.82, 2.24) is 4.57 Å². The van der Waals surface area contributed by atoms with Gasteiger partial charge < -0.3 is 14.6 Å². The molecule has 3 rings (SSSR count). The van der Waals surface area contributed by atoms with Crippen LogP contribution in [0.5, 0.6) is 0 Å². The van der Waals surface area contributed by atoms with Crippen molar-refractivity contribution < 1.29 is 9.53 Å². The first-order valence-electron chi connectivity index (χ1n) is 7.64. The van der Waals surface area contributed by atoms with Crippen LogP contribution in [-0.4, -0.2) is 23.7 Å². The number of nitrogens with zero attached hydrogens (tertiary/aromatic N) is 1. The van der Waals surface area contributed by atoms with Crippen LogP contribution in [0.15, 0.2) is 24.3 Å². The van der Waals surface area contributed by atoms with Gasteiger partial charge in [-0.15, -0.1) is 0 Å². The third-order valence-electron chi connectivity index (χ3n) is 4.44. The van der Waals surface area contributed by atoms with E-state index in [1.807, 2.05) is 29.8 Å². The molecule has 0 saturated heterocycles. The van der Waals surface area contributed by atoms with Crippen molar-refractivity contribution in [2.24, 2.45) is 7.05 Å². The van der Waals surface area contributed by atoms with Gasteiger partial charge in [0.2, 0.25) is 0 Å². The van der Waals surface area contributed by atoms with E-state index < -0.39 is 0 Å². The molecular weight excluding hydrogens is 264 g/mol. The molecule has 1 N–H and O–H groups in total. The van der Waals surface area contributed by atoms with Crippen molar-refractivity contribution in [2.75, 3.05) is 12.4 Å². The molecule has 2 aromatic rings. The van der Waals surface area contributed by atoms with Gasteiger partial charge >= 0.3 is 5.97 Å². The second-order valence-corrected chi connectivity index (χ2v) is 5.77. The Bertz CT molecular complexity index is 654. The fraction of sp³-hybridized carbons (Fsp3) is 0.471. The highest BCUT2D eigenvalue weighted by Crippen LogP contribution is 2.33. The van der Waals surface area contributed by atoms with Crippen LogP contribution in [0.4, 0.5) is 5.69 Å². The molecule has 0 atom stereocenters. The molecule has 112 valence electrons. The number of methoxy groups -OCH3 is 1. The summed E-state index contributed by atoms with van der Waals surface area (Å²) < 4.78 is 6.90. The van der Waals surface area contributed by atoms with Crippen LogP contribution in [0, 0.1) is 0 Å². The molecular formula is C17H22N2O2. The zero-order chi connectivity index (χ0) is 14.8. The highest BCUT2D eigenvalue weighted by molar-refractivity contribution is 6.06. The molecule has 21 heavy (non-hydrogen) atoms. The zero-order valence-electron chi connectivity index (χ0n) is 12.7. The Balaban J connectivity index is 2.07. The van der Waals surface area contributed by atoms with E-state index in [2.05, 4.69) is 11.4 Å². The number of hydrogen-bond acceptors (Lipinski definition) is 3. The summed E-state index contributed by atoms with van der Waals surface area (Å²) in [6.45, 7) is 0. The number of aromatic nitrogens is 1. The second kappa shape index (κ2) is 5.80. The third kappa shape index (κ3) is 2.50. The predicted octanol–water partition coefficient (Wildman–Crippen LogP) is 3.71. The molecule has 0 bridgehead atoms. The quantitative estimate of drug-likeness (QED) is 0.875. The minimum Gasteiger partial charge on any atom is -0.464 e. The fourth-order valence-corrected chi connectivity index (χ4v) is 3.33. The molecule has 0 spiro atoms. The SMILES string of the molecule is COC(=O)c1c(NC2CCCCC2)c2ccccc2n1C. The summed E-state index contributed by atoms with van der Waals surface area (Å²) in [4.78, 5) is 12.2. The topological polar surface area (TPSA) is 43.3 Å². The summed E-state index contributed by atoms with van der Waals surface area (Å²) in [5, 5.41) is 4.70. The predicted molar refractivity (Wildman–Crippen MR) is 84.8 cm³/mol. The maximum Gasteiger partial charge on any atom is 0.356 e. The number of nitrogens with one attached hydrogen (secondary N) is 1. The molecule has 1 aliphatic rings. The number of ether oxygens (including phenoxy) is 1. The van der Waals surface area contributed by atoms with Crippen molar-refractivity contribution in [1.29, 1.82) is 0 Å². The van der Waals surface area contributed by atoms with Gasteiger partial charge in [-0.25, -0.2) is 4.79 Å². The maximum atomic E-state index is 12.2. The number of hydrogen-bond donors (Lipinski definition) is 1. The molecule has 1 heterocycles. The molecule has 0 amide bonds. The summed E-state index contributed by atoms with van der Waals surface area (Å²) in [6.07, 6.45) is 6.18. The summed E-state index contributed by atoms with van der Waals surface area (Å²) in [6, 6.07) is 8.55. The van der Waals surface area contributed by atoms with E-state index in [1.165, 1.54) is 39.2 Å². The number of fused-ring (bicyclic) bond motifs is 1. The van der Waals surface area contributed by atoms with Crippen LogP contribution in [0.3, 0.4) is 0 Å². The average Bonchev–Trinajstić information content (AvgIpc) is 2.81. The van der Waals surface area contributed by atoms with Crippen molar-refractivity contribution >= 4 is 22.6 Å². The first-order valence-corrected chi connectivity index (χ1v) is 7.64. The lowest BCUT2D eigenvalue weighted by atomic mass is 9.95. The number of para-hydroxylation sites is 1. The largest absolute Gasteiger partial charge is 0.464 e. The van der Waals surface area contributed by atoms with Crippen LogP contribution in [0.1, 0.15) is 42.6 Å². The third-order valence-corrected chi connectivity index (χ3v) is 4.44. The Labute approximate surface area is 125 Å². The Morgan fingerprint density at radius 1 is 1.24 bits per heavy atom. The monoisotopic (exact) mass is 286 g/mol. The first kappa shape index (κ1) is 14.0. The van der Waals surface area contributed by atoms with Crippen LogP contribution in [0.25, 0.3) is 10.9 Å². The minimum absolute atomic E-state index is 0.285. The number of carbonyl (C=O) groups is 1. The van der Waals surface area contributed by atoms with Crippen molar-refractivity contribution in [3.63, 3.8) is 0 Å². The first-order chi connectivity index (χ1) is 10.2. The molecule has 0 aliphatic heterocycles. The highest BCUT2D eigenvalue weighted by Gasteiger charge is 2.24. The van der Waals surface area contributed by atoms with Crippen LogP contribution in [-0.2, 0) is 11.8 Å². The molecule has 1 aliphatic carbocycles. The van der Waals surface area contributed by atoms with Gasteiger partial charge in [-0.05, 0) is 18.9 Å². The Hall–Kier alpha value is -1.97. The molecule has 1 aromatic heterocycles. The molecule has 4 heteroatoms. The molecule has 0 unspecified atom stereocenters. The van der Waals surface area contributed by atoms with Gasteiger partial charge in [0.05, 0.1) is 18.3 Å². The lowest BCUT2D eigenvalue weighted by Crippen LogP contribution is -2.23. The van der Waals surface area contributed by atoms with Crippen molar-refractivity contribution in [3.05, 3.63) is 30.0 Å². The maximum absolute atomic E-state index is 12.2. The Morgan fingerprint density at radius 2 is 1.95 bits per heavy atom. The van der Waals surface area contributed by atoms with E-state index in [9.17, 15) is 4.79 Å². The van der Waals surface area contributed by atoms with E-state index in [1.54, 1.807) is 0 Å². The van der Waals surface area contributed by atoms with Crippen LogP contribution >= 0.6 is 0 Å². The van der Waals surface area contributed by atoms with Crippen molar-refractivity contribution in [2.45, 2.75) is 38.1 Å². The molecule has 1 aromatic carbocycles. The zero-order valence-corrected chi connectivity index (χ0v) is 12.7. The number of benzene rings is 1. The lowest BCUT2D eigenvalue weighted by molar-refractivity contribution is 0.0591. The summed E-state index contributed by atoms with van der Waals surface area (Å²) in [5.41, 5.74) is 2.59. The molecule has 4 nitrogen and oxygen atoms in total. The number of rotatable bonds is 3. The second-order valence-electron chi connectivity index (χ2n) is 5.77. The Kier molecular flexibility index (Phi) is 3.86. The minimum atomic E-state index is -0.285. The van der Waals surface area contributed by atoms with Gasteiger partial charge in [0.1, 0.15) is 0 Å². The number of anilines is 1. The normalized spacial score (nSPS) is 16.1. The number of aryl methyl sites for hydroxylation is 1. The van der Waals surface area contributed by atoms with Crippen molar-refractivity contribution in [3.8, 4) is 0 Å². The molecule has 1 saturated carbocycles. The van der Waals surface area contributed by atoms with Crippen LogP contribution in [0.2, 0.25) is 0 Å². The Morgan fingerprint density at radius 3 is 2.67 bits per heavy atom. The van der Waals surface area contributed by atoms with Crippen LogP contribution < -0.4 is 5.32 Å². The van der Waals surface area contributed by atoms with E-state index in [0.29, 0.717) is 11.7 Å². The van der Waals surface area contributed by atoms with E-state index in [-0.39, 0.29) is 5.97 Å². The van der Waals surface area contributed by atoms with Gasteiger partial charge in [0.15, 0.2) is 5.69 Å². The molecule has 0 radical (unpaired) electrons.